The first-order valence-corrected chi connectivity index (χ1v) is 10.9. The molecule has 0 unspecified atom stereocenters. The third-order valence-corrected chi connectivity index (χ3v) is 6.04. The Hall–Kier alpha value is -3.65. The summed E-state index contributed by atoms with van der Waals surface area (Å²) in [7, 11) is -2.61. The smallest absolute Gasteiger partial charge is 0.337 e. The molecule has 0 fully saturated rings. The number of carbonyl (C=O) groups is 2. The highest BCUT2D eigenvalue weighted by molar-refractivity contribution is 7.92. The summed E-state index contributed by atoms with van der Waals surface area (Å²) in [5.41, 5.74) is 2.66. The van der Waals surface area contributed by atoms with Gasteiger partial charge in [-0.3, -0.25) is 9.52 Å². The number of rotatable bonds is 6. The maximum atomic E-state index is 12.9. The van der Waals surface area contributed by atoms with E-state index in [1.165, 1.54) is 37.4 Å². The van der Waals surface area contributed by atoms with Crippen molar-refractivity contribution >= 4 is 33.3 Å². The Morgan fingerprint density at radius 3 is 2.23 bits per heavy atom. The molecular formula is C23H22N2O5S. The zero-order valence-electron chi connectivity index (χ0n) is 17.3. The summed E-state index contributed by atoms with van der Waals surface area (Å²) in [5, 5.41) is 2.74. The molecule has 3 aromatic carbocycles. The number of ether oxygens (including phenoxy) is 1. The molecule has 0 atom stereocenters. The molecular weight excluding hydrogens is 416 g/mol. The molecule has 0 aliphatic rings. The zero-order chi connectivity index (χ0) is 22.6. The van der Waals surface area contributed by atoms with Crippen molar-refractivity contribution in [3.63, 3.8) is 0 Å². The molecule has 3 rings (SSSR count). The fourth-order valence-electron chi connectivity index (χ4n) is 2.88. The number of hydrogen-bond donors (Lipinski definition) is 2. The summed E-state index contributed by atoms with van der Waals surface area (Å²) < 4.78 is 32.7. The highest BCUT2D eigenvalue weighted by Crippen LogP contribution is 2.23. The van der Waals surface area contributed by atoms with Crippen LogP contribution in [0.4, 0.5) is 11.4 Å². The maximum Gasteiger partial charge on any atom is 0.337 e. The lowest BCUT2D eigenvalue weighted by Crippen LogP contribution is -2.19. The Balaban J connectivity index is 1.89. The number of esters is 1. The molecule has 0 saturated heterocycles. The van der Waals surface area contributed by atoms with E-state index in [4.69, 9.17) is 4.74 Å². The lowest BCUT2D eigenvalue weighted by molar-refractivity contribution is 0.0600. The van der Waals surface area contributed by atoms with E-state index in [9.17, 15) is 18.0 Å². The van der Waals surface area contributed by atoms with E-state index in [0.717, 1.165) is 11.1 Å². The minimum atomic E-state index is -3.88. The lowest BCUT2D eigenvalue weighted by atomic mass is 10.1. The largest absolute Gasteiger partial charge is 0.465 e. The van der Waals surface area contributed by atoms with Gasteiger partial charge in [0, 0.05) is 5.69 Å². The number of anilines is 2. The van der Waals surface area contributed by atoms with Crippen LogP contribution in [0.15, 0.2) is 71.6 Å². The molecule has 0 aliphatic heterocycles. The van der Waals surface area contributed by atoms with Crippen LogP contribution in [0.5, 0.6) is 0 Å². The Labute approximate surface area is 181 Å². The van der Waals surface area contributed by atoms with E-state index in [1.807, 2.05) is 6.92 Å². The van der Waals surface area contributed by atoms with Crippen LogP contribution in [0.2, 0.25) is 0 Å². The number of aryl methyl sites for hydroxylation is 2. The molecule has 0 radical (unpaired) electrons. The van der Waals surface area contributed by atoms with Crippen LogP contribution in [0.1, 0.15) is 31.8 Å². The summed E-state index contributed by atoms with van der Waals surface area (Å²) >= 11 is 0. The van der Waals surface area contributed by atoms with Crippen LogP contribution in [-0.4, -0.2) is 27.4 Å². The van der Waals surface area contributed by atoms with Gasteiger partial charge >= 0.3 is 5.97 Å². The van der Waals surface area contributed by atoms with Crippen molar-refractivity contribution in [3.05, 3.63) is 89.0 Å². The van der Waals surface area contributed by atoms with E-state index >= 15 is 0 Å². The topological polar surface area (TPSA) is 102 Å². The minimum Gasteiger partial charge on any atom is -0.465 e. The number of hydrogen-bond acceptors (Lipinski definition) is 5. The molecule has 0 heterocycles. The molecule has 1 amide bonds. The lowest BCUT2D eigenvalue weighted by Gasteiger charge is -2.14. The van der Waals surface area contributed by atoms with Gasteiger partial charge in [0.2, 0.25) is 0 Å². The molecule has 0 bridgehead atoms. The van der Waals surface area contributed by atoms with Gasteiger partial charge in [0.25, 0.3) is 15.9 Å². The van der Waals surface area contributed by atoms with Crippen molar-refractivity contribution < 1.29 is 22.7 Å². The van der Waals surface area contributed by atoms with Crippen molar-refractivity contribution in [1.82, 2.24) is 0 Å². The quantitative estimate of drug-likeness (QED) is 0.563. The van der Waals surface area contributed by atoms with Crippen LogP contribution < -0.4 is 10.0 Å². The predicted octanol–water partition coefficient (Wildman–Crippen LogP) is 4.14. The fraction of sp³-hybridized carbons (Fsp3) is 0.130. The Bertz CT molecular complexity index is 1240. The second kappa shape index (κ2) is 9.01. The predicted molar refractivity (Wildman–Crippen MR) is 119 cm³/mol. The average Bonchev–Trinajstić information content (AvgIpc) is 2.75. The monoisotopic (exact) mass is 438 g/mol. The van der Waals surface area contributed by atoms with Gasteiger partial charge in [-0.1, -0.05) is 35.9 Å². The van der Waals surface area contributed by atoms with Gasteiger partial charge in [-0.25, -0.2) is 13.2 Å². The Morgan fingerprint density at radius 1 is 0.871 bits per heavy atom. The zero-order valence-corrected chi connectivity index (χ0v) is 18.1. The molecule has 0 saturated carbocycles. The Morgan fingerprint density at radius 2 is 1.55 bits per heavy atom. The van der Waals surface area contributed by atoms with Crippen molar-refractivity contribution in [1.29, 1.82) is 0 Å². The summed E-state index contributed by atoms with van der Waals surface area (Å²) in [6.45, 7) is 3.64. The van der Waals surface area contributed by atoms with E-state index in [2.05, 4.69) is 10.0 Å². The number of nitrogens with one attached hydrogen (secondary N) is 2. The van der Waals surface area contributed by atoms with E-state index in [1.54, 1.807) is 43.3 Å². The standard InChI is InChI=1S/C23H22N2O5S/c1-15-8-12-18(13-9-15)31(28,29)25-20-7-5-4-6-19(20)22(26)24-21-14-17(23(27)30-3)11-10-16(21)2/h4-14,25H,1-3H3,(H,24,26). The van der Waals surface area contributed by atoms with Crippen LogP contribution in [0.3, 0.4) is 0 Å². The van der Waals surface area contributed by atoms with Gasteiger partial charge < -0.3 is 10.1 Å². The third kappa shape index (κ3) is 5.10. The number of amides is 1. The van der Waals surface area contributed by atoms with E-state index in [0.29, 0.717) is 5.69 Å². The molecule has 7 nitrogen and oxygen atoms in total. The molecule has 0 spiro atoms. The molecule has 0 aromatic heterocycles. The number of benzene rings is 3. The second-order valence-electron chi connectivity index (χ2n) is 6.94. The van der Waals surface area contributed by atoms with Crippen LogP contribution in [-0.2, 0) is 14.8 Å². The van der Waals surface area contributed by atoms with E-state index < -0.39 is 21.9 Å². The van der Waals surface area contributed by atoms with Gasteiger partial charge in [0.1, 0.15) is 0 Å². The van der Waals surface area contributed by atoms with Gasteiger partial charge in [0.05, 0.1) is 28.8 Å². The first-order chi connectivity index (χ1) is 14.7. The van der Waals surface area contributed by atoms with Crippen LogP contribution >= 0.6 is 0 Å². The molecule has 0 aliphatic carbocycles. The Kier molecular flexibility index (Phi) is 6.41. The van der Waals surface area contributed by atoms with Gasteiger partial charge in [-0.15, -0.1) is 0 Å². The maximum absolute atomic E-state index is 12.9. The number of para-hydroxylation sites is 1. The van der Waals surface area contributed by atoms with Crippen LogP contribution in [0, 0.1) is 13.8 Å². The molecule has 31 heavy (non-hydrogen) atoms. The molecule has 2 N–H and O–H groups in total. The average molecular weight is 439 g/mol. The normalized spacial score (nSPS) is 10.9. The van der Waals surface area contributed by atoms with Crippen molar-refractivity contribution in [3.8, 4) is 0 Å². The first-order valence-electron chi connectivity index (χ1n) is 9.40. The van der Waals surface area contributed by atoms with Crippen molar-refractivity contribution in [2.24, 2.45) is 0 Å². The van der Waals surface area contributed by atoms with Gasteiger partial charge in [-0.2, -0.15) is 0 Å². The fourth-order valence-corrected chi connectivity index (χ4v) is 3.96. The summed E-state index contributed by atoms with van der Waals surface area (Å²) in [6, 6.07) is 17.5. The van der Waals surface area contributed by atoms with Gasteiger partial charge in [0.15, 0.2) is 0 Å². The summed E-state index contributed by atoms with van der Waals surface area (Å²) in [6.07, 6.45) is 0. The van der Waals surface area contributed by atoms with Gasteiger partial charge in [-0.05, 0) is 55.8 Å². The summed E-state index contributed by atoms with van der Waals surface area (Å²) in [4.78, 5) is 24.8. The van der Waals surface area contributed by atoms with Crippen LogP contribution in [0.25, 0.3) is 0 Å². The minimum absolute atomic E-state index is 0.0925. The SMILES string of the molecule is COC(=O)c1ccc(C)c(NC(=O)c2ccccc2NS(=O)(=O)c2ccc(C)cc2)c1. The molecule has 3 aromatic rings. The second-order valence-corrected chi connectivity index (χ2v) is 8.62. The van der Waals surface area contributed by atoms with Crippen molar-refractivity contribution in [2.75, 3.05) is 17.1 Å². The first kappa shape index (κ1) is 22.0. The number of carbonyl (C=O) groups excluding carboxylic acids is 2. The number of methoxy groups -OCH3 is 1. The molecule has 160 valence electrons. The van der Waals surface area contributed by atoms with E-state index in [-0.39, 0.29) is 21.7 Å². The molecule has 8 heteroatoms. The highest BCUT2D eigenvalue weighted by atomic mass is 32.2. The highest BCUT2D eigenvalue weighted by Gasteiger charge is 2.19. The third-order valence-electron chi connectivity index (χ3n) is 4.65. The summed E-state index contributed by atoms with van der Waals surface area (Å²) in [5.74, 6) is -1.05. The number of sulfonamides is 1. The van der Waals surface area contributed by atoms with Crippen molar-refractivity contribution in [2.45, 2.75) is 18.7 Å².